The maximum atomic E-state index is 5.61. The third-order valence-corrected chi connectivity index (χ3v) is 2.20. The van der Waals surface area contributed by atoms with E-state index < -0.39 is 0 Å². The van der Waals surface area contributed by atoms with E-state index in [4.69, 9.17) is 5.73 Å². The van der Waals surface area contributed by atoms with Crippen LogP contribution in [0.3, 0.4) is 0 Å². The van der Waals surface area contributed by atoms with Crippen molar-refractivity contribution in [2.24, 2.45) is 10.7 Å². The topological polar surface area (TPSA) is 50.4 Å². The lowest BCUT2D eigenvalue weighted by Gasteiger charge is -2.03. The van der Waals surface area contributed by atoms with Crippen molar-refractivity contribution in [2.75, 3.05) is 6.26 Å². The molecule has 3 nitrogen and oxygen atoms in total. The van der Waals surface area contributed by atoms with Crippen LogP contribution in [0.4, 0.5) is 0 Å². The second-order valence-corrected chi connectivity index (χ2v) is 3.41. The summed E-state index contributed by atoms with van der Waals surface area (Å²) < 4.78 is 2.95. The number of hydrogen-bond acceptors (Lipinski definition) is 3. The highest BCUT2D eigenvalue weighted by atomic mass is 32.2. The Morgan fingerprint density at radius 2 is 2.14 bits per heavy atom. The first-order chi connectivity index (χ1) is 6.88. The van der Waals surface area contributed by atoms with Gasteiger partial charge in [-0.05, 0) is 11.1 Å². The van der Waals surface area contributed by atoms with Gasteiger partial charge in [-0.25, -0.2) is 0 Å². The van der Waals surface area contributed by atoms with Crippen LogP contribution in [0, 0.1) is 0 Å². The zero-order chi connectivity index (χ0) is 10.2. The van der Waals surface area contributed by atoms with Crippen molar-refractivity contribution >= 4 is 18.3 Å². The first-order valence-electron chi connectivity index (χ1n) is 4.42. The number of aliphatic imine (C=N–C) groups is 1. The van der Waals surface area contributed by atoms with Gasteiger partial charge >= 0.3 is 0 Å². The van der Waals surface area contributed by atoms with E-state index in [0.717, 1.165) is 5.56 Å². The lowest BCUT2D eigenvalue weighted by Crippen LogP contribution is -2.02. The second-order valence-electron chi connectivity index (χ2n) is 2.76. The molecule has 0 amide bonds. The van der Waals surface area contributed by atoms with E-state index in [2.05, 4.69) is 15.8 Å². The third-order valence-electron chi connectivity index (χ3n) is 1.86. The van der Waals surface area contributed by atoms with Crippen LogP contribution in [0.1, 0.15) is 11.1 Å². The smallest absolute Gasteiger partial charge is 0.0926 e. The van der Waals surface area contributed by atoms with Gasteiger partial charge in [0.25, 0.3) is 0 Å². The lowest BCUT2D eigenvalue weighted by molar-refractivity contribution is 0.980. The Labute approximate surface area is 88.9 Å². The molecule has 0 heterocycles. The molecule has 0 aliphatic heterocycles. The molecule has 0 aromatic heterocycles. The molecule has 0 atom stereocenters. The van der Waals surface area contributed by atoms with E-state index in [1.807, 2.05) is 24.5 Å². The van der Waals surface area contributed by atoms with Gasteiger partial charge in [-0.2, -0.15) is 0 Å². The van der Waals surface area contributed by atoms with Crippen LogP contribution in [0.15, 0.2) is 29.3 Å². The fraction of sp³-hybridized carbons (Fsp3) is 0.300. The lowest BCUT2D eigenvalue weighted by atomic mass is 10.1. The molecular formula is C10H15N3S. The molecule has 0 aliphatic carbocycles. The molecule has 1 rings (SSSR count). The average Bonchev–Trinajstić information content (AvgIpc) is 2.25. The van der Waals surface area contributed by atoms with Crippen LogP contribution >= 0.6 is 11.9 Å². The Balaban J connectivity index is 2.57. The SMILES string of the molecule is CSNC=NCc1ccccc1CN. The summed E-state index contributed by atoms with van der Waals surface area (Å²) >= 11 is 1.52. The van der Waals surface area contributed by atoms with Gasteiger partial charge in [0.05, 0.1) is 12.9 Å². The second kappa shape index (κ2) is 6.45. The summed E-state index contributed by atoms with van der Waals surface area (Å²) in [5.74, 6) is 0. The number of nitrogens with two attached hydrogens (primary N) is 1. The fourth-order valence-electron chi connectivity index (χ4n) is 1.14. The largest absolute Gasteiger partial charge is 0.326 e. The molecule has 0 spiro atoms. The van der Waals surface area contributed by atoms with Gasteiger partial charge in [0, 0.05) is 12.8 Å². The van der Waals surface area contributed by atoms with E-state index in [-0.39, 0.29) is 0 Å². The van der Waals surface area contributed by atoms with Crippen molar-refractivity contribution in [3.63, 3.8) is 0 Å². The first-order valence-corrected chi connectivity index (χ1v) is 5.64. The summed E-state index contributed by atoms with van der Waals surface area (Å²) in [6.07, 6.45) is 3.66. The van der Waals surface area contributed by atoms with Gasteiger partial charge in [0.1, 0.15) is 0 Å². The minimum Gasteiger partial charge on any atom is -0.326 e. The summed E-state index contributed by atoms with van der Waals surface area (Å²) in [4.78, 5) is 4.23. The normalized spacial score (nSPS) is 10.7. The Morgan fingerprint density at radius 3 is 2.79 bits per heavy atom. The van der Waals surface area contributed by atoms with Crippen molar-refractivity contribution in [1.29, 1.82) is 0 Å². The average molecular weight is 209 g/mol. The summed E-state index contributed by atoms with van der Waals surface area (Å²) in [7, 11) is 0. The Kier molecular flexibility index (Phi) is 5.11. The van der Waals surface area contributed by atoms with Crippen LogP contribution in [-0.2, 0) is 13.1 Å². The van der Waals surface area contributed by atoms with Gasteiger partial charge in [-0.1, -0.05) is 36.2 Å². The van der Waals surface area contributed by atoms with Gasteiger partial charge < -0.3 is 10.5 Å². The van der Waals surface area contributed by atoms with Crippen molar-refractivity contribution in [3.8, 4) is 0 Å². The molecular weight excluding hydrogens is 194 g/mol. The highest BCUT2D eigenvalue weighted by Gasteiger charge is 1.96. The first kappa shape index (κ1) is 11.1. The molecule has 0 saturated carbocycles. The fourth-order valence-corrected chi connectivity index (χ4v) is 1.32. The van der Waals surface area contributed by atoms with Crippen molar-refractivity contribution < 1.29 is 0 Å². The molecule has 0 unspecified atom stereocenters. The zero-order valence-corrected chi connectivity index (χ0v) is 9.05. The standard InChI is InChI=1S/C10H15N3S/c1-14-13-8-12-7-10-5-3-2-4-9(10)6-11/h2-5,8H,6-7,11H2,1H3,(H,12,13). The number of hydrogen-bond donors (Lipinski definition) is 2. The van der Waals surface area contributed by atoms with Crippen LogP contribution in [0.5, 0.6) is 0 Å². The molecule has 76 valence electrons. The predicted molar refractivity (Wildman–Crippen MR) is 63.2 cm³/mol. The summed E-state index contributed by atoms with van der Waals surface area (Å²) in [5.41, 5.74) is 7.96. The van der Waals surface area contributed by atoms with Crippen molar-refractivity contribution in [2.45, 2.75) is 13.1 Å². The van der Waals surface area contributed by atoms with Gasteiger partial charge in [0.2, 0.25) is 0 Å². The van der Waals surface area contributed by atoms with Crippen LogP contribution < -0.4 is 10.5 Å². The molecule has 4 heteroatoms. The third kappa shape index (κ3) is 3.40. The van der Waals surface area contributed by atoms with E-state index in [1.165, 1.54) is 17.5 Å². The quantitative estimate of drug-likeness (QED) is 0.439. The summed E-state index contributed by atoms with van der Waals surface area (Å²) in [6.45, 7) is 1.25. The van der Waals surface area contributed by atoms with E-state index in [9.17, 15) is 0 Å². The van der Waals surface area contributed by atoms with Crippen LogP contribution in [-0.4, -0.2) is 12.6 Å². The van der Waals surface area contributed by atoms with E-state index >= 15 is 0 Å². The minimum atomic E-state index is 0.571. The minimum absolute atomic E-state index is 0.571. The number of nitrogens with zero attached hydrogens (tertiary/aromatic N) is 1. The zero-order valence-electron chi connectivity index (χ0n) is 8.23. The molecule has 14 heavy (non-hydrogen) atoms. The molecule has 3 N–H and O–H groups in total. The molecule has 1 aromatic rings. The van der Waals surface area contributed by atoms with Crippen LogP contribution in [0.25, 0.3) is 0 Å². The highest BCUT2D eigenvalue weighted by Crippen LogP contribution is 2.08. The molecule has 0 bridgehead atoms. The number of rotatable bonds is 5. The van der Waals surface area contributed by atoms with Gasteiger partial charge in [0.15, 0.2) is 0 Å². The Bertz CT molecular complexity index is 299. The van der Waals surface area contributed by atoms with Gasteiger partial charge in [-0.15, -0.1) is 0 Å². The summed E-state index contributed by atoms with van der Waals surface area (Å²) in [6, 6.07) is 8.09. The maximum Gasteiger partial charge on any atom is 0.0926 e. The molecule has 0 fully saturated rings. The number of benzene rings is 1. The Hall–Kier alpha value is -1.00. The molecule has 0 radical (unpaired) electrons. The Morgan fingerprint density at radius 1 is 1.43 bits per heavy atom. The predicted octanol–water partition coefficient (Wildman–Crippen LogP) is 1.54. The van der Waals surface area contributed by atoms with Gasteiger partial charge in [-0.3, -0.25) is 4.99 Å². The number of nitrogens with one attached hydrogen (secondary N) is 1. The van der Waals surface area contributed by atoms with E-state index in [1.54, 1.807) is 6.34 Å². The van der Waals surface area contributed by atoms with Crippen molar-refractivity contribution in [1.82, 2.24) is 4.72 Å². The molecule has 0 aliphatic rings. The van der Waals surface area contributed by atoms with E-state index in [0.29, 0.717) is 13.1 Å². The highest BCUT2D eigenvalue weighted by molar-refractivity contribution is 7.97. The molecule has 0 saturated heterocycles. The van der Waals surface area contributed by atoms with Crippen LogP contribution in [0.2, 0.25) is 0 Å². The molecule has 1 aromatic carbocycles. The maximum absolute atomic E-state index is 5.61. The summed E-state index contributed by atoms with van der Waals surface area (Å²) in [5, 5.41) is 0. The monoisotopic (exact) mass is 209 g/mol. The van der Waals surface area contributed by atoms with Crippen molar-refractivity contribution in [3.05, 3.63) is 35.4 Å².